The lowest BCUT2D eigenvalue weighted by atomic mass is 9.77. The van der Waals surface area contributed by atoms with Gasteiger partial charge >= 0.3 is 0 Å². The third-order valence-electron chi connectivity index (χ3n) is 2.80. The van der Waals surface area contributed by atoms with Gasteiger partial charge in [0.1, 0.15) is 0 Å². The molecule has 0 aliphatic rings. The summed E-state index contributed by atoms with van der Waals surface area (Å²) in [5, 5.41) is 1.13. The van der Waals surface area contributed by atoms with Crippen LogP contribution in [0.1, 0.15) is 33.6 Å². The molecule has 0 spiro atoms. The summed E-state index contributed by atoms with van der Waals surface area (Å²) < 4.78 is 0. The summed E-state index contributed by atoms with van der Waals surface area (Å²) in [5.74, 6) is 2.08. The van der Waals surface area contributed by atoms with E-state index in [1.807, 2.05) is 11.8 Å². The maximum atomic E-state index is 3.62. The highest BCUT2D eigenvalue weighted by atomic mass is 79.9. The smallest absolute Gasteiger partial charge is 0.00877 e. The first-order valence-electron chi connectivity index (χ1n) is 4.61. The van der Waals surface area contributed by atoms with E-state index in [1.165, 1.54) is 18.6 Å². The molecule has 0 amide bonds. The summed E-state index contributed by atoms with van der Waals surface area (Å²) in [5.41, 5.74) is 0.496. The van der Waals surface area contributed by atoms with Crippen molar-refractivity contribution in [3.63, 3.8) is 0 Å². The highest BCUT2D eigenvalue weighted by Gasteiger charge is 2.25. The van der Waals surface area contributed by atoms with Crippen molar-refractivity contribution in [3.05, 3.63) is 0 Å². The maximum Gasteiger partial charge on any atom is 0.00877 e. The predicted molar refractivity (Wildman–Crippen MR) is 64.4 cm³/mol. The SMILES string of the molecule is CSCCCC(C)(CBr)C(C)C. The van der Waals surface area contributed by atoms with Crippen LogP contribution < -0.4 is 0 Å². The van der Waals surface area contributed by atoms with Crippen LogP contribution in [0.5, 0.6) is 0 Å². The molecule has 0 heterocycles. The van der Waals surface area contributed by atoms with Crippen molar-refractivity contribution < 1.29 is 0 Å². The van der Waals surface area contributed by atoms with E-state index >= 15 is 0 Å². The molecule has 0 bridgehead atoms. The fraction of sp³-hybridized carbons (Fsp3) is 1.00. The molecule has 0 aromatic heterocycles. The standard InChI is InChI=1S/C10H21BrS/c1-9(2)10(3,8-11)6-5-7-12-4/h9H,5-8H2,1-4H3. The fourth-order valence-electron chi connectivity index (χ4n) is 1.13. The molecule has 12 heavy (non-hydrogen) atoms. The van der Waals surface area contributed by atoms with Crippen LogP contribution in [-0.2, 0) is 0 Å². The maximum absolute atomic E-state index is 3.62. The Bertz CT molecular complexity index is 114. The van der Waals surface area contributed by atoms with Gasteiger partial charge in [0, 0.05) is 5.33 Å². The van der Waals surface area contributed by atoms with Gasteiger partial charge in [0.25, 0.3) is 0 Å². The number of thioether (sulfide) groups is 1. The number of halogens is 1. The van der Waals surface area contributed by atoms with E-state index in [0.717, 1.165) is 11.2 Å². The molecule has 2 heteroatoms. The highest BCUT2D eigenvalue weighted by molar-refractivity contribution is 9.09. The van der Waals surface area contributed by atoms with E-state index in [2.05, 4.69) is 43.0 Å². The van der Waals surface area contributed by atoms with Crippen LogP contribution in [0.3, 0.4) is 0 Å². The molecule has 0 aromatic carbocycles. The Balaban J connectivity index is 3.80. The number of rotatable bonds is 6. The van der Waals surface area contributed by atoms with Crippen LogP contribution in [0.4, 0.5) is 0 Å². The molecule has 0 aromatic rings. The van der Waals surface area contributed by atoms with Crippen molar-refractivity contribution in [1.82, 2.24) is 0 Å². The number of hydrogen-bond acceptors (Lipinski definition) is 1. The van der Waals surface area contributed by atoms with Gasteiger partial charge in [0.15, 0.2) is 0 Å². The Morgan fingerprint density at radius 1 is 1.42 bits per heavy atom. The Kier molecular flexibility index (Phi) is 6.75. The second kappa shape index (κ2) is 6.31. The van der Waals surface area contributed by atoms with Gasteiger partial charge in [-0.25, -0.2) is 0 Å². The first-order valence-corrected chi connectivity index (χ1v) is 7.13. The molecule has 0 aliphatic heterocycles. The van der Waals surface area contributed by atoms with E-state index in [9.17, 15) is 0 Å². The summed E-state index contributed by atoms with van der Waals surface area (Å²) in [6.07, 6.45) is 4.87. The van der Waals surface area contributed by atoms with Crippen molar-refractivity contribution in [1.29, 1.82) is 0 Å². The van der Waals surface area contributed by atoms with Gasteiger partial charge in [-0.15, -0.1) is 0 Å². The van der Waals surface area contributed by atoms with Crippen molar-refractivity contribution in [2.45, 2.75) is 33.6 Å². The Morgan fingerprint density at radius 2 is 2.00 bits per heavy atom. The average Bonchev–Trinajstić information content (AvgIpc) is 2.04. The van der Waals surface area contributed by atoms with Crippen LogP contribution in [-0.4, -0.2) is 17.3 Å². The monoisotopic (exact) mass is 252 g/mol. The molecule has 0 saturated carbocycles. The van der Waals surface area contributed by atoms with Gasteiger partial charge in [-0.2, -0.15) is 11.8 Å². The van der Waals surface area contributed by atoms with E-state index in [4.69, 9.17) is 0 Å². The second-order valence-electron chi connectivity index (χ2n) is 4.04. The molecule has 0 nitrogen and oxygen atoms in total. The van der Waals surface area contributed by atoms with Gasteiger partial charge < -0.3 is 0 Å². The number of alkyl halides is 1. The van der Waals surface area contributed by atoms with Gasteiger partial charge in [-0.05, 0) is 36.2 Å². The molecule has 0 aliphatic carbocycles. The first kappa shape index (κ1) is 12.8. The van der Waals surface area contributed by atoms with Gasteiger partial charge in [-0.3, -0.25) is 0 Å². The van der Waals surface area contributed by atoms with Gasteiger partial charge in [0.05, 0.1) is 0 Å². The highest BCUT2D eigenvalue weighted by Crippen LogP contribution is 2.34. The molecule has 74 valence electrons. The molecule has 1 unspecified atom stereocenters. The number of hydrogen-bond donors (Lipinski definition) is 0. The molecule has 0 saturated heterocycles. The molecular weight excluding hydrogens is 232 g/mol. The quantitative estimate of drug-likeness (QED) is 0.505. The minimum absolute atomic E-state index is 0.496. The summed E-state index contributed by atoms with van der Waals surface area (Å²) in [4.78, 5) is 0. The van der Waals surface area contributed by atoms with Gasteiger partial charge in [-0.1, -0.05) is 36.7 Å². The topological polar surface area (TPSA) is 0 Å². The van der Waals surface area contributed by atoms with E-state index < -0.39 is 0 Å². The normalized spacial score (nSPS) is 16.5. The van der Waals surface area contributed by atoms with Gasteiger partial charge in [0.2, 0.25) is 0 Å². The van der Waals surface area contributed by atoms with Crippen LogP contribution >= 0.6 is 27.7 Å². The van der Waals surface area contributed by atoms with E-state index in [1.54, 1.807) is 0 Å². The largest absolute Gasteiger partial charge is 0.165 e. The van der Waals surface area contributed by atoms with Crippen LogP contribution in [0.2, 0.25) is 0 Å². The Hall–Kier alpha value is 0.830. The first-order chi connectivity index (χ1) is 5.56. The van der Waals surface area contributed by atoms with Crippen LogP contribution in [0.25, 0.3) is 0 Å². The zero-order valence-corrected chi connectivity index (χ0v) is 11.1. The third kappa shape index (κ3) is 4.18. The minimum Gasteiger partial charge on any atom is -0.165 e. The lowest BCUT2D eigenvalue weighted by Crippen LogP contribution is -2.25. The van der Waals surface area contributed by atoms with E-state index in [-0.39, 0.29) is 0 Å². The average molecular weight is 253 g/mol. The predicted octanol–water partition coefficient (Wildman–Crippen LogP) is 4.19. The Labute approximate surface area is 90.0 Å². The van der Waals surface area contributed by atoms with Crippen molar-refractivity contribution in [3.8, 4) is 0 Å². The molecule has 0 radical (unpaired) electrons. The summed E-state index contributed by atoms with van der Waals surface area (Å²) in [7, 11) is 0. The summed E-state index contributed by atoms with van der Waals surface area (Å²) in [6, 6.07) is 0. The lowest BCUT2D eigenvalue weighted by molar-refractivity contribution is 0.237. The van der Waals surface area contributed by atoms with Crippen molar-refractivity contribution in [2.24, 2.45) is 11.3 Å². The molecular formula is C10H21BrS. The zero-order chi connectivity index (χ0) is 9.61. The molecule has 1 atom stereocenters. The second-order valence-corrected chi connectivity index (χ2v) is 5.59. The third-order valence-corrected chi connectivity index (χ3v) is 4.77. The van der Waals surface area contributed by atoms with E-state index in [0.29, 0.717) is 5.41 Å². The van der Waals surface area contributed by atoms with Crippen molar-refractivity contribution >= 4 is 27.7 Å². The lowest BCUT2D eigenvalue weighted by Gasteiger charge is -2.31. The summed E-state index contributed by atoms with van der Waals surface area (Å²) >= 11 is 5.57. The molecule has 0 rings (SSSR count). The van der Waals surface area contributed by atoms with Crippen LogP contribution in [0.15, 0.2) is 0 Å². The zero-order valence-electron chi connectivity index (χ0n) is 8.69. The molecule has 0 fully saturated rings. The van der Waals surface area contributed by atoms with Crippen LogP contribution in [0, 0.1) is 11.3 Å². The summed E-state index contributed by atoms with van der Waals surface area (Å²) in [6.45, 7) is 7.02. The Morgan fingerprint density at radius 3 is 2.33 bits per heavy atom. The molecule has 0 N–H and O–H groups in total. The fourth-order valence-corrected chi connectivity index (χ4v) is 2.49. The minimum atomic E-state index is 0.496. The van der Waals surface area contributed by atoms with Crippen molar-refractivity contribution in [2.75, 3.05) is 17.3 Å².